The predicted octanol–water partition coefficient (Wildman–Crippen LogP) is 2.60. The largest absolute Gasteiger partial charge is 0.504 e. The van der Waals surface area contributed by atoms with Gasteiger partial charge in [-0.05, 0) is 50.3 Å². The summed E-state index contributed by atoms with van der Waals surface area (Å²) in [5.41, 5.74) is 0.952. The predicted molar refractivity (Wildman–Crippen MR) is 102 cm³/mol. The van der Waals surface area contributed by atoms with Crippen LogP contribution in [0.1, 0.15) is 36.2 Å². The number of aromatic hydroxyl groups is 1. The molecule has 2 fully saturated rings. The molecule has 0 bridgehead atoms. The number of halogens is 1. The van der Waals surface area contributed by atoms with Crippen molar-refractivity contribution in [3.05, 3.63) is 42.2 Å². The summed E-state index contributed by atoms with van der Waals surface area (Å²) in [4.78, 5) is 14.5. The number of carbonyl (C=O) groups is 1. The van der Waals surface area contributed by atoms with E-state index in [1.54, 1.807) is 9.58 Å². The Hall–Kier alpha value is -2.05. The monoisotopic (exact) mass is 376 g/mol. The van der Waals surface area contributed by atoms with Crippen LogP contribution < -0.4 is 5.32 Å². The first-order valence-corrected chi connectivity index (χ1v) is 9.07. The standard InChI is InChI=1S/C19H24N4O2.ClH/c24-17-13-23(16-4-2-1-3-5-16)21-18(17)19(25)22-10-8-15(9-11-22)20-12-14-6-7-14;/h1-5,13-15,20,24H,6-12H2;1H. The lowest BCUT2D eigenvalue weighted by atomic mass is 10.0. The first kappa shape index (κ1) is 18.7. The van der Waals surface area contributed by atoms with Crippen LogP contribution in [-0.4, -0.2) is 51.4 Å². The summed E-state index contributed by atoms with van der Waals surface area (Å²) in [6.45, 7) is 2.53. The molecule has 0 radical (unpaired) electrons. The molecule has 0 atom stereocenters. The molecule has 4 rings (SSSR count). The number of hydrogen-bond acceptors (Lipinski definition) is 4. The van der Waals surface area contributed by atoms with Gasteiger partial charge in [0.05, 0.1) is 11.9 Å². The summed E-state index contributed by atoms with van der Waals surface area (Å²) in [5.74, 6) is 0.620. The van der Waals surface area contributed by atoms with Crippen molar-refractivity contribution >= 4 is 18.3 Å². The Bertz CT molecular complexity index is 737. The van der Waals surface area contributed by atoms with Gasteiger partial charge in [-0.1, -0.05) is 18.2 Å². The third-order valence-corrected chi connectivity index (χ3v) is 5.09. The molecule has 6 nitrogen and oxygen atoms in total. The first-order chi connectivity index (χ1) is 12.2. The van der Waals surface area contributed by atoms with Crippen LogP contribution in [0.5, 0.6) is 5.75 Å². The lowest BCUT2D eigenvalue weighted by Crippen LogP contribution is -2.45. The van der Waals surface area contributed by atoms with Gasteiger partial charge in [0.1, 0.15) is 0 Å². The average molecular weight is 377 g/mol. The van der Waals surface area contributed by atoms with Crippen molar-refractivity contribution in [1.82, 2.24) is 20.0 Å². The van der Waals surface area contributed by atoms with Crippen LogP contribution in [0.25, 0.3) is 5.69 Å². The number of nitrogens with zero attached hydrogens (tertiary/aromatic N) is 3. The molecule has 2 N–H and O–H groups in total. The minimum atomic E-state index is -0.187. The van der Waals surface area contributed by atoms with Crippen LogP contribution in [0.3, 0.4) is 0 Å². The highest BCUT2D eigenvalue weighted by atomic mass is 35.5. The molecule has 1 amide bonds. The van der Waals surface area contributed by atoms with Crippen LogP contribution in [-0.2, 0) is 0 Å². The van der Waals surface area contributed by atoms with Crippen molar-refractivity contribution in [1.29, 1.82) is 0 Å². The van der Waals surface area contributed by atoms with Gasteiger partial charge in [0.2, 0.25) is 0 Å². The maximum atomic E-state index is 12.7. The van der Waals surface area contributed by atoms with E-state index in [0.29, 0.717) is 19.1 Å². The number of rotatable bonds is 5. The number of nitrogens with one attached hydrogen (secondary N) is 1. The molecular formula is C19H25ClN4O2. The summed E-state index contributed by atoms with van der Waals surface area (Å²) in [6.07, 6.45) is 6.12. The first-order valence-electron chi connectivity index (χ1n) is 9.07. The van der Waals surface area contributed by atoms with Gasteiger partial charge in [-0.15, -0.1) is 12.4 Å². The van der Waals surface area contributed by atoms with E-state index in [1.165, 1.54) is 19.0 Å². The average Bonchev–Trinajstić information content (AvgIpc) is 3.41. The molecule has 1 saturated carbocycles. The Morgan fingerprint density at radius 2 is 1.85 bits per heavy atom. The lowest BCUT2D eigenvalue weighted by molar-refractivity contribution is 0.0695. The second-order valence-corrected chi connectivity index (χ2v) is 7.06. The van der Waals surface area contributed by atoms with Gasteiger partial charge in [-0.2, -0.15) is 5.10 Å². The number of benzene rings is 1. The van der Waals surface area contributed by atoms with Gasteiger partial charge in [0, 0.05) is 19.1 Å². The van der Waals surface area contributed by atoms with E-state index in [2.05, 4.69) is 10.4 Å². The van der Waals surface area contributed by atoms with Crippen molar-refractivity contribution in [2.45, 2.75) is 31.7 Å². The van der Waals surface area contributed by atoms with Crippen molar-refractivity contribution in [2.24, 2.45) is 5.92 Å². The van der Waals surface area contributed by atoms with Gasteiger partial charge in [-0.3, -0.25) is 4.79 Å². The molecule has 1 aliphatic heterocycles. The van der Waals surface area contributed by atoms with Crippen molar-refractivity contribution in [2.75, 3.05) is 19.6 Å². The summed E-state index contributed by atoms with van der Waals surface area (Å²) in [7, 11) is 0. The maximum Gasteiger partial charge on any atom is 0.278 e. The zero-order valence-corrected chi connectivity index (χ0v) is 15.5. The second kappa shape index (κ2) is 8.10. The van der Waals surface area contributed by atoms with Crippen molar-refractivity contribution in [3.8, 4) is 11.4 Å². The molecule has 1 aromatic carbocycles. The molecule has 1 saturated heterocycles. The van der Waals surface area contributed by atoms with Crippen LogP contribution in [0.15, 0.2) is 36.5 Å². The third kappa shape index (κ3) is 4.19. The SMILES string of the molecule is Cl.O=C(c1nn(-c2ccccc2)cc1O)N1CCC(NCC2CC2)CC1. The number of para-hydroxylation sites is 1. The summed E-state index contributed by atoms with van der Waals surface area (Å²) in [6, 6.07) is 9.99. The minimum absolute atomic E-state index is 0. The van der Waals surface area contributed by atoms with Gasteiger partial charge < -0.3 is 15.3 Å². The number of amides is 1. The molecule has 7 heteroatoms. The zero-order chi connectivity index (χ0) is 17.2. The van der Waals surface area contributed by atoms with Gasteiger partial charge in [-0.25, -0.2) is 4.68 Å². The Morgan fingerprint density at radius 1 is 1.15 bits per heavy atom. The molecule has 140 valence electrons. The molecule has 26 heavy (non-hydrogen) atoms. The molecule has 0 unspecified atom stereocenters. The van der Waals surface area contributed by atoms with E-state index >= 15 is 0 Å². The Balaban J connectivity index is 0.00000196. The van der Waals surface area contributed by atoms with E-state index in [1.807, 2.05) is 30.3 Å². The maximum absolute atomic E-state index is 12.7. The normalized spacial score (nSPS) is 17.8. The highest BCUT2D eigenvalue weighted by molar-refractivity contribution is 5.94. The molecule has 2 aliphatic rings. The number of piperidine rings is 1. The van der Waals surface area contributed by atoms with E-state index in [9.17, 15) is 9.90 Å². The van der Waals surface area contributed by atoms with Crippen LogP contribution in [0.4, 0.5) is 0 Å². The quantitative estimate of drug-likeness (QED) is 0.841. The molecule has 1 aliphatic carbocycles. The molecule has 2 heterocycles. The summed E-state index contributed by atoms with van der Waals surface area (Å²) in [5, 5.41) is 18.1. The van der Waals surface area contributed by atoms with Gasteiger partial charge in [0.15, 0.2) is 11.4 Å². The highest BCUT2D eigenvalue weighted by Crippen LogP contribution is 2.28. The number of aromatic nitrogens is 2. The number of carbonyl (C=O) groups excluding carboxylic acids is 1. The topological polar surface area (TPSA) is 70.4 Å². The van der Waals surface area contributed by atoms with Crippen molar-refractivity contribution in [3.63, 3.8) is 0 Å². The molecule has 2 aromatic rings. The molecule has 0 spiro atoms. The smallest absolute Gasteiger partial charge is 0.278 e. The van der Waals surface area contributed by atoms with E-state index in [-0.39, 0.29) is 29.8 Å². The lowest BCUT2D eigenvalue weighted by Gasteiger charge is -2.32. The van der Waals surface area contributed by atoms with E-state index in [0.717, 1.165) is 31.0 Å². The molecule has 1 aromatic heterocycles. The summed E-state index contributed by atoms with van der Waals surface area (Å²) >= 11 is 0. The zero-order valence-electron chi connectivity index (χ0n) is 14.7. The van der Waals surface area contributed by atoms with E-state index < -0.39 is 0 Å². The van der Waals surface area contributed by atoms with Gasteiger partial charge >= 0.3 is 0 Å². The van der Waals surface area contributed by atoms with E-state index in [4.69, 9.17) is 0 Å². The summed E-state index contributed by atoms with van der Waals surface area (Å²) < 4.78 is 1.55. The van der Waals surface area contributed by atoms with Gasteiger partial charge in [0.25, 0.3) is 5.91 Å². The Morgan fingerprint density at radius 3 is 2.50 bits per heavy atom. The Kier molecular flexibility index (Phi) is 5.84. The number of hydrogen-bond donors (Lipinski definition) is 2. The van der Waals surface area contributed by atoms with Crippen molar-refractivity contribution < 1.29 is 9.90 Å². The Labute approximate surface area is 159 Å². The minimum Gasteiger partial charge on any atom is -0.504 e. The fourth-order valence-corrected chi connectivity index (χ4v) is 3.32. The van der Waals surface area contributed by atoms with Crippen LogP contribution in [0, 0.1) is 5.92 Å². The number of likely N-dealkylation sites (tertiary alicyclic amines) is 1. The highest BCUT2D eigenvalue weighted by Gasteiger charge is 2.28. The van der Waals surface area contributed by atoms with Crippen LogP contribution >= 0.6 is 12.4 Å². The molecular weight excluding hydrogens is 352 g/mol. The second-order valence-electron chi connectivity index (χ2n) is 7.06. The third-order valence-electron chi connectivity index (χ3n) is 5.09. The fourth-order valence-electron chi connectivity index (χ4n) is 3.32. The fraction of sp³-hybridized carbons (Fsp3) is 0.474. The van der Waals surface area contributed by atoms with Crippen LogP contribution in [0.2, 0.25) is 0 Å².